The minimum absolute atomic E-state index is 0.0445. The average molecular weight is 275 g/mol. The fraction of sp³-hybridized carbons (Fsp3) is 0.500. The van der Waals surface area contributed by atoms with E-state index in [1.54, 1.807) is 22.8 Å². The van der Waals surface area contributed by atoms with E-state index < -0.39 is 0 Å². The summed E-state index contributed by atoms with van der Waals surface area (Å²) >= 11 is 0. The number of carbonyl (C=O) groups is 1. The molecule has 0 aliphatic rings. The van der Waals surface area contributed by atoms with Crippen molar-refractivity contribution in [3.05, 3.63) is 34.3 Å². The van der Waals surface area contributed by atoms with Gasteiger partial charge in [0.1, 0.15) is 0 Å². The second-order valence-electron chi connectivity index (χ2n) is 5.60. The summed E-state index contributed by atoms with van der Waals surface area (Å²) in [5, 5.41) is 0. The Kier molecular flexibility index (Phi) is 4.12. The zero-order chi connectivity index (χ0) is 14.9. The largest absolute Gasteiger partial charge is 0.419 e. The molecule has 0 radical (unpaired) electrons. The zero-order valence-corrected chi connectivity index (χ0v) is 12.5. The lowest BCUT2D eigenvalue weighted by Gasteiger charge is -2.13. The fourth-order valence-corrected chi connectivity index (χ4v) is 2.22. The van der Waals surface area contributed by atoms with Gasteiger partial charge in [0.25, 0.3) is 0 Å². The van der Waals surface area contributed by atoms with Gasteiger partial charge in [0.2, 0.25) is 0 Å². The predicted octanol–water partition coefficient (Wildman–Crippen LogP) is 3.48. The molecule has 0 aliphatic carbocycles. The van der Waals surface area contributed by atoms with Crippen LogP contribution in [0.25, 0.3) is 11.1 Å². The van der Waals surface area contributed by atoms with E-state index in [1.165, 1.54) is 0 Å². The predicted molar refractivity (Wildman–Crippen MR) is 79.1 cm³/mol. The van der Waals surface area contributed by atoms with E-state index in [9.17, 15) is 9.59 Å². The Morgan fingerprint density at radius 2 is 2.00 bits per heavy atom. The van der Waals surface area contributed by atoms with Gasteiger partial charge in [-0.15, -0.1) is 0 Å². The molecule has 4 heteroatoms. The summed E-state index contributed by atoms with van der Waals surface area (Å²) in [6, 6.07) is 5.27. The zero-order valence-electron chi connectivity index (χ0n) is 12.5. The van der Waals surface area contributed by atoms with Crippen LogP contribution in [0.4, 0.5) is 0 Å². The van der Waals surface area contributed by atoms with Gasteiger partial charge >= 0.3 is 5.76 Å². The van der Waals surface area contributed by atoms with Gasteiger partial charge in [-0.2, -0.15) is 0 Å². The molecule has 0 saturated heterocycles. The molecule has 0 bridgehead atoms. The molecule has 2 rings (SSSR count). The van der Waals surface area contributed by atoms with Crippen molar-refractivity contribution in [2.75, 3.05) is 0 Å². The molecular weight excluding hydrogens is 254 g/mol. The van der Waals surface area contributed by atoms with Crippen molar-refractivity contribution in [3.63, 3.8) is 0 Å². The van der Waals surface area contributed by atoms with Crippen LogP contribution in [-0.4, -0.2) is 10.4 Å². The first-order chi connectivity index (χ1) is 9.45. The molecule has 1 aromatic carbocycles. The Hall–Kier alpha value is -1.84. The van der Waals surface area contributed by atoms with Gasteiger partial charge in [-0.1, -0.05) is 27.7 Å². The van der Waals surface area contributed by atoms with Crippen LogP contribution in [0.5, 0.6) is 0 Å². The number of fused-ring (bicyclic) bond motifs is 1. The summed E-state index contributed by atoms with van der Waals surface area (Å²) < 4.78 is 6.84. The van der Waals surface area contributed by atoms with Crippen LogP contribution in [0, 0.1) is 11.8 Å². The van der Waals surface area contributed by atoms with E-state index in [4.69, 9.17) is 4.42 Å². The summed E-state index contributed by atoms with van der Waals surface area (Å²) in [6.07, 6.45) is 0.861. The Balaban J connectivity index is 2.45. The maximum absolute atomic E-state index is 12.3. The Morgan fingerprint density at radius 3 is 2.60 bits per heavy atom. The summed E-state index contributed by atoms with van der Waals surface area (Å²) in [4.78, 5) is 24.1. The van der Waals surface area contributed by atoms with Crippen LogP contribution in [0.3, 0.4) is 0 Å². The first-order valence-electron chi connectivity index (χ1n) is 7.13. The highest BCUT2D eigenvalue weighted by Crippen LogP contribution is 2.21. The van der Waals surface area contributed by atoms with Crippen molar-refractivity contribution in [1.29, 1.82) is 0 Å². The quantitative estimate of drug-likeness (QED) is 0.785. The Morgan fingerprint density at radius 1 is 1.30 bits per heavy atom. The van der Waals surface area contributed by atoms with E-state index in [1.807, 2.05) is 27.7 Å². The smallest absolute Gasteiger partial charge is 0.408 e. The number of benzene rings is 1. The highest BCUT2D eigenvalue weighted by Gasteiger charge is 2.20. The van der Waals surface area contributed by atoms with Crippen LogP contribution in [0.2, 0.25) is 0 Å². The monoisotopic (exact) mass is 275 g/mol. The third-order valence-electron chi connectivity index (χ3n) is 3.81. The number of hydrogen-bond acceptors (Lipinski definition) is 3. The van der Waals surface area contributed by atoms with Gasteiger partial charge in [-0.3, -0.25) is 9.36 Å². The van der Waals surface area contributed by atoms with Gasteiger partial charge < -0.3 is 4.42 Å². The van der Waals surface area contributed by atoms with Crippen LogP contribution < -0.4 is 5.76 Å². The van der Waals surface area contributed by atoms with E-state index in [2.05, 4.69) is 0 Å². The maximum atomic E-state index is 12.3. The summed E-state index contributed by atoms with van der Waals surface area (Å²) in [5.74, 6) is -0.0251. The van der Waals surface area contributed by atoms with E-state index in [0.717, 1.165) is 11.9 Å². The van der Waals surface area contributed by atoms with Gasteiger partial charge in [-0.25, -0.2) is 4.79 Å². The number of nitrogens with zero attached hydrogens (tertiary/aromatic N) is 1. The average Bonchev–Trinajstić information content (AvgIpc) is 2.73. The van der Waals surface area contributed by atoms with Crippen molar-refractivity contribution in [3.8, 4) is 0 Å². The normalized spacial score (nSPS) is 13.1. The molecule has 1 heterocycles. The van der Waals surface area contributed by atoms with Crippen molar-refractivity contribution in [2.45, 2.75) is 40.7 Å². The van der Waals surface area contributed by atoms with Gasteiger partial charge in [-0.05, 0) is 30.5 Å². The highest BCUT2D eigenvalue weighted by atomic mass is 16.4. The molecule has 0 spiro atoms. The molecule has 2 aromatic rings. The molecule has 108 valence electrons. The van der Waals surface area contributed by atoms with Crippen molar-refractivity contribution < 1.29 is 9.21 Å². The number of aryl methyl sites for hydroxylation is 1. The number of ketones is 1. The molecule has 0 N–H and O–H groups in total. The molecule has 0 amide bonds. The third kappa shape index (κ3) is 2.55. The summed E-state index contributed by atoms with van der Waals surface area (Å²) in [7, 11) is 0. The third-order valence-corrected chi connectivity index (χ3v) is 3.81. The Labute approximate surface area is 118 Å². The standard InChI is InChI=1S/C16H21NO3/c1-5-8-17-13-7-6-12(9-14(13)20-16(17)19)15(18)11(4)10(2)3/h6-7,9-11H,5,8H2,1-4H3. The highest BCUT2D eigenvalue weighted by molar-refractivity contribution is 6.00. The van der Waals surface area contributed by atoms with Crippen molar-refractivity contribution in [1.82, 2.24) is 4.57 Å². The number of aromatic nitrogens is 1. The number of hydrogen-bond donors (Lipinski definition) is 0. The molecular formula is C16H21NO3. The SMILES string of the molecule is CCCn1c(=O)oc2cc(C(=O)C(C)C(C)C)ccc21. The maximum Gasteiger partial charge on any atom is 0.419 e. The lowest BCUT2D eigenvalue weighted by molar-refractivity contribution is 0.0900. The minimum atomic E-state index is -0.358. The number of oxazole rings is 1. The Bertz CT molecular complexity index is 679. The molecule has 20 heavy (non-hydrogen) atoms. The number of carbonyl (C=O) groups excluding carboxylic acids is 1. The second-order valence-corrected chi connectivity index (χ2v) is 5.60. The van der Waals surface area contributed by atoms with Crippen molar-refractivity contribution >= 4 is 16.9 Å². The molecule has 1 atom stereocenters. The first kappa shape index (κ1) is 14.6. The van der Waals surface area contributed by atoms with Crippen LogP contribution >= 0.6 is 0 Å². The van der Waals surface area contributed by atoms with Gasteiger partial charge in [0, 0.05) is 18.0 Å². The molecule has 1 unspecified atom stereocenters. The molecule has 0 aliphatic heterocycles. The van der Waals surface area contributed by atoms with E-state index in [-0.39, 0.29) is 23.4 Å². The molecule has 1 aromatic heterocycles. The van der Waals surface area contributed by atoms with Crippen LogP contribution in [0.15, 0.2) is 27.4 Å². The topological polar surface area (TPSA) is 52.2 Å². The van der Waals surface area contributed by atoms with E-state index >= 15 is 0 Å². The lowest BCUT2D eigenvalue weighted by atomic mass is 9.90. The van der Waals surface area contributed by atoms with Crippen LogP contribution in [0.1, 0.15) is 44.5 Å². The minimum Gasteiger partial charge on any atom is -0.408 e. The summed E-state index contributed by atoms with van der Waals surface area (Å²) in [5.41, 5.74) is 1.85. The van der Waals surface area contributed by atoms with Gasteiger partial charge in [0.15, 0.2) is 11.4 Å². The van der Waals surface area contributed by atoms with Gasteiger partial charge in [0.05, 0.1) is 5.52 Å². The molecule has 0 fully saturated rings. The number of rotatable bonds is 5. The second kappa shape index (κ2) is 5.65. The van der Waals surface area contributed by atoms with E-state index in [0.29, 0.717) is 17.7 Å². The molecule has 0 saturated carbocycles. The number of Topliss-reactive ketones (excluding diaryl/α,β-unsaturated/α-hetero) is 1. The molecule has 4 nitrogen and oxygen atoms in total. The van der Waals surface area contributed by atoms with Crippen molar-refractivity contribution in [2.24, 2.45) is 11.8 Å². The fourth-order valence-electron chi connectivity index (χ4n) is 2.22. The first-order valence-corrected chi connectivity index (χ1v) is 7.13. The lowest BCUT2D eigenvalue weighted by Crippen LogP contribution is -2.16. The van der Waals surface area contributed by atoms with Crippen LogP contribution in [-0.2, 0) is 6.54 Å². The summed E-state index contributed by atoms with van der Waals surface area (Å²) in [6.45, 7) is 8.61.